The number of terminal acetylenes is 1. The van der Waals surface area contributed by atoms with Crippen molar-refractivity contribution in [3.63, 3.8) is 0 Å². The number of rotatable bonds is 5. The predicted molar refractivity (Wildman–Crippen MR) is 64.7 cm³/mol. The van der Waals surface area contributed by atoms with Crippen molar-refractivity contribution < 1.29 is 41.0 Å². The van der Waals surface area contributed by atoms with E-state index in [0.717, 1.165) is 0 Å². The van der Waals surface area contributed by atoms with Crippen molar-refractivity contribution in [3.05, 3.63) is 29.1 Å². The molecule has 0 atom stereocenters. The Hall–Kier alpha value is -2.83. The van der Waals surface area contributed by atoms with E-state index < -0.39 is 53.3 Å². The van der Waals surface area contributed by atoms with Crippen LogP contribution in [0.5, 0.6) is 5.75 Å². The van der Waals surface area contributed by atoms with Gasteiger partial charge in [-0.15, -0.1) is 6.42 Å². The third-order valence-electron chi connectivity index (χ3n) is 2.27. The summed E-state index contributed by atoms with van der Waals surface area (Å²) in [4.78, 5) is 22.2. The molecule has 1 aromatic rings. The second-order valence-corrected chi connectivity index (χ2v) is 3.83. The molecule has 10 heteroatoms. The van der Waals surface area contributed by atoms with Gasteiger partial charge in [0, 0.05) is 6.54 Å². The van der Waals surface area contributed by atoms with E-state index in [2.05, 4.69) is 9.47 Å². The maximum atomic E-state index is 13.2. The Morgan fingerprint density at radius 3 is 2.04 bits per heavy atom. The van der Waals surface area contributed by atoms with Gasteiger partial charge < -0.3 is 14.8 Å². The van der Waals surface area contributed by atoms with Crippen LogP contribution in [0.3, 0.4) is 0 Å². The number of alkyl carbamates (subject to hydrolysis) is 1. The van der Waals surface area contributed by atoms with Crippen LogP contribution < -0.4 is 10.1 Å². The molecule has 0 saturated carbocycles. The van der Waals surface area contributed by atoms with E-state index in [1.165, 1.54) is 0 Å². The second-order valence-electron chi connectivity index (χ2n) is 3.83. The summed E-state index contributed by atoms with van der Waals surface area (Å²) in [6.07, 6.45) is 3.23. The summed E-state index contributed by atoms with van der Waals surface area (Å²) in [5.41, 5.74) is 0. The molecule has 1 aromatic carbocycles. The summed E-state index contributed by atoms with van der Waals surface area (Å²) in [6.45, 7) is -0.696. The van der Waals surface area contributed by atoms with Gasteiger partial charge in [0.15, 0.2) is 6.61 Å². The first-order valence-electron chi connectivity index (χ1n) is 5.85. The van der Waals surface area contributed by atoms with Crippen LogP contribution >= 0.6 is 0 Å². The normalized spacial score (nSPS) is 9.91. The van der Waals surface area contributed by atoms with E-state index in [1.807, 2.05) is 11.2 Å². The lowest BCUT2D eigenvalue weighted by molar-refractivity contribution is -0.134. The summed E-state index contributed by atoms with van der Waals surface area (Å²) in [5.74, 6) is -12.5. The van der Waals surface area contributed by atoms with Gasteiger partial charge in [-0.1, -0.05) is 5.92 Å². The largest absolute Gasteiger partial charge is 0.436 e. The van der Waals surface area contributed by atoms with Gasteiger partial charge in [0.1, 0.15) is 0 Å². The van der Waals surface area contributed by atoms with Crippen LogP contribution in [0.25, 0.3) is 0 Å². The minimum atomic E-state index is -2.38. The predicted octanol–water partition coefficient (Wildman–Crippen LogP) is 2.04. The lowest BCUT2D eigenvalue weighted by Gasteiger charge is -2.09. The minimum absolute atomic E-state index is 0.319. The van der Waals surface area contributed by atoms with Crippen molar-refractivity contribution in [2.45, 2.75) is 6.42 Å². The van der Waals surface area contributed by atoms with E-state index in [0.29, 0.717) is 0 Å². The molecule has 0 heterocycles. The number of nitrogens with one attached hydrogen (secondary N) is 1. The number of carbonyl (C=O) groups excluding carboxylic acids is 2. The fourth-order valence-corrected chi connectivity index (χ4v) is 1.26. The number of ether oxygens (including phenoxy) is 2. The summed E-state index contributed by atoms with van der Waals surface area (Å²) < 4.78 is 73.5. The SMILES string of the molecule is C#CCOC(=O)NCCC(=O)Oc1c(F)c(F)c(F)c(F)c1F. The third kappa shape index (κ3) is 4.57. The summed E-state index contributed by atoms with van der Waals surface area (Å²) in [6, 6.07) is 0. The van der Waals surface area contributed by atoms with E-state index in [4.69, 9.17) is 6.42 Å². The molecule has 0 spiro atoms. The highest BCUT2D eigenvalue weighted by Crippen LogP contribution is 2.29. The summed E-state index contributed by atoms with van der Waals surface area (Å²) in [7, 11) is 0. The van der Waals surface area contributed by atoms with Gasteiger partial charge in [0.2, 0.25) is 34.8 Å². The van der Waals surface area contributed by atoms with Crippen molar-refractivity contribution in [1.29, 1.82) is 0 Å². The summed E-state index contributed by atoms with van der Waals surface area (Å²) >= 11 is 0. The summed E-state index contributed by atoms with van der Waals surface area (Å²) in [5, 5.41) is 2.04. The molecule has 0 radical (unpaired) electrons. The van der Waals surface area contributed by atoms with Crippen molar-refractivity contribution in [2.75, 3.05) is 13.2 Å². The smallest absolute Gasteiger partial charge is 0.408 e. The molecule has 0 saturated heterocycles. The fraction of sp³-hybridized carbons (Fsp3) is 0.231. The zero-order valence-corrected chi connectivity index (χ0v) is 11.2. The molecule has 0 aliphatic rings. The monoisotopic (exact) mass is 337 g/mol. The number of esters is 1. The van der Waals surface area contributed by atoms with E-state index >= 15 is 0 Å². The zero-order chi connectivity index (χ0) is 17.6. The third-order valence-corrected chi connectivity index (χ3v) is 2.27. The van der Waals surface area contributed by atoms with Gasteiger partial charge in [-0.2, -0.15) is 8.78 Å². The molecule has 0 fully saturated rings. The Bertz CT molecular complexity index is 642. The van der Waals surface area contributed by atoms with Crippen molar-refractivity contribution in [2.24, 2.45) is 0 Å². The maximum absolute atomic E-state index is 13.2. The van der Waals surface area contributed by atoms with Gasteiger partial charge in [0.05, 0.1) is 6.42 Å². The van der Waals surface area contributed by atoms with E-state index in [9.17, 15) is 31.5 Å². The lowest BCUT2D eigenvalue weighted by atomic mass is 10.2. The molecular weight excluding hydrogens is 329 g/mol. The number of amides is 1. The standard InChI is InChI=1S/C13H8F5NO4/c1-2-5-22-13(21)19-4-3-6(20)23-12-10(17)8(15)7(14)9(16)11(12)18/h1H,3-5H2,(H,19,21). The Morgan fingerprint density at radius 2 is 1.52 bits per heavy atom. The molecular formula is C13H8F5NO4. The quantitative estimate of drug-likeness (QED) is 0.223. The molecule has 23 heavy (non-hydrogen) atoms. The van der Waals surface area contributed by atoms with Gasteiger partial charge in [0.25, 0.3) is 0 Å². The van der Waals surface area contributed by atoms with Crippen LogP contribution in [0.1, 0.15) is 6.42 Å². The molecule has 1 rings (SSSR count). The first-order chi connectivity index (χ1) is 10.8. The van der Waals surface area contributed by atoms with Crippen molar-refractivity contribution in [3.8, 4) is 18.1 Å². The molecule has 0 aromatic heterocycles. The number of hydrogen-bond donors (Lipinski definition) is 1. The average molecular weight is 337 g/mol. The topological polar surface area (TPSA) is 64.6 Å². The molecule has 1 N–H and O–H groups in total. The van der Waals surface area contributed by atoms with Crippen LogP contribution in [0.15, 0.2) is 0 Å². The Morgan fingerprint density at radius 1 is 1.00 bits per heavy atom. The second kappa shape index (κ2) is 7.98. The van der Waals surface area contributed by atoms with Gasteiger partial charge in [-0.25, -0.2) is 18.0 Å². The molecule has 0 bridgehead atoms. The highest BCUT2D eigenvalue weighted by atomic mass is 19.2. The number of carbonyl (C=O) groups is 2. The molecule has 124 valence electrons. The van der Waals surface area contributed by atoms with Gasteiger partial charge in [-0.3, -0.25) is 4.79 Å². The van der Waals surface area contributed by atoms with E-state index in [-0.39, 0.29) is 13.2 Å². The van der Waals surface area contributed by atoms with E-state index in [1.54, 1.807) is 0 Å². The first-order valence-corrected chi connectivity index (χ1v) is 5.85. The Labute approximate surface area is 126 Å². The van der Waals surface area contributed by atoms with Crippen molar-refractivity contribution in [1.82, 2.24) is 5.32 Å². The molecule has 0 aliphatic heterocycles. The number of halogens is 5. The van der Waals surface area contributed by atoms with Crippen molar-refractivity contribution >= 4 is 12.1 Å². The Kier molecular flexibility index (Phi) is 6.32. The first kappa shape index (κ1) is 18.2. The average Bonchev–Trinajstić information content (AvgIpc) is 2.53. The highest BCUT2D eigenvalue weighted by molar-refractivity contribution is 5.74. The lowest BCUT2D eigenvalue weighted by Crippen LogP contribution is -2.28. The number of benzene rings is 1. The highest BCUT2D eigenvalue weighted by Gasteiger charge is 2.28. The van der Waals surface area contributed by atoms with Gasteiger partial charge in [-0.05, 0) is 0 Å². The van der Waals surface area contributed by atoms with Crippen LogP contribution in [0, 0.1) is 41.4 Å². The van der Waals surface area contributed by atoms with Crippen LogP contribution in [0.4, 0.5) is 26.7 Å². The molecule has 1 amide bonds. The fourth-order valence-electron chi connectivity index (χ4n) is 1.26. The Balaban J connectivity index is 2.66. The van der Waals surface area contributed by atoms with Crippen LogP contribution in [-0.2, 0) is 9.53 Å². The molecule has 5 nitrogen and oxygen atoms in total. The minimum Gasteiger partial charge on any atom is -0.436 e. The van der Waals surface area contributed by atoms with Crippen LogP contribution in [-0.4, -0.2) is 25.2 Å². The zero-order valence-electron chi connectivity index (χ0n) is 11.2. The molecule has 0 unspecified atom stereocenters. The van der Waals surface area contributed by atoms with Gasteiger partial charge >= 0.3 is 12.1 Å². The molecule has 0 aliphatic carbocycles. The number of hydrogen-bond acceptors (Lipinski definition) is 4. The maximum Gasteiger partial charge on any atom is 0.408 e. The van der Waals surface area contributed by atoms with Crippen LogP contribution in [0.2, 0.25) is 0 Å².